The molecule has 0 heterocycles. The Morgan fingerprint density at radius 2 is 1.48 bits per heavy atom. The normalized spacial score (nSPS) is 11.5. The number of hydrogen-bond donors (Lipinski definition) is 3. The van der Waals surface area contributed by atoms with E-state index in [1.165, 1.54) is 12.1 Å². The summed E-state index contributed by atoms with van der Waals surface area (Å²) in [6.45, 7) is 0. The molecule has 0 unspecified atom stereocenters. The first-order valence-corrected chi connectivity index (χ1v) is 14.2. The van der Waals surface area contributed by atoms with Crippen molar-refractivity contribution in [2.45, 2.75) is 11.1 Å². The lowest BCUT2D eigenvalue weighted by molar-refractivity contribution is -0.137. The van der Waals surface area contributed by atoms with Crippen LogP contribution in [0.15, 0.2) is 118 Å². The number of carbonyl (C=O) groups is 3. The Labute approximate surface area is 252 Å². The second-order valence-electron chi connectivity index (χ2n) is 8.83. The van der Waals surface area contributed by atoms with Gasteiger partial charge in [0.05, 0.1) is 11.3 Å². The number of anilines is 2. The van der Waals surface area contributed by atoms with E-state index in [1.807, 2.05) is 6.07 Å². The number of alkyl halides is 3. The zero-order valence-corrected chi connectivity index (χ0v) is 24.1. The molecule has 214 valence electrons. The molecule has 11 heteroatoms. The van der Waals surface area contributed by atoms with Crippen molar-refractivity contribution in [2.24, 2.45) is 0 Å². The van der Waals surface area contributed by atoms with Crippen LogP contribution in [0.1, 0.15) is 21.5 Å². The lowest BCUT2D eigenvalue weighted by atomic mass is 10.1. The third-order valence-corrected chi connectivity index (χ3v) is 7.11. The molecular formula is C31H23BrF3N3O3S. The zero-order valence-electron chi connectivity index (χ0n) is 21.7. The van der Waals surface area contributed by atoms with Crippen LogP contribution in [0.4, 0.5) is 24.5 Å². The van der Waals surface area contributed by atoms with Gasteiger partial charge in [0.15, 0.2) is 0 Å². The molecule has 4 rings (SSSR count). The quantitative estimate of drug-likeness (QED) is 0.128. The summed E-state index contributed by atoms with van der Waals surface area (Å²) < 4.78 is 39.6. The van der Waals surface area contributed by atoms with Crippen molar-refractivity contribution < 1.29 is 27.6 Å². The van der Waals surface area contributed by atoms with Crippen molar-refractivity contribution >= 4 is 62.9 Å². The number of rotatable bonds is 9. The Kier molecular flexibility index (Phi) is 10.2. The number of carbonyl (C=O) groups excluding carboxylic acids is 3. The van der Waals surface area contributed by atoms with Gasteiger partial charge < -0.3 is 16.0 Å². The van der Waals surface area contributed by atoms with Gasteiger partial charge in [0.1, 0.15) is 5.70 Å². The van der Waals surface area contributed by atoms with Gasteiger partial charge in [-0.15, -0.1) is 11.8 Å². The van der Waals surface area contributed by atoms with E-state index in [0.29, 0.717) is 21.7 Å². The van der Waals surface area contributed by atoms with Crippen molar-refractivity contribution in [3.05, 3.63) is 130 Å². The molecule has 3 N–H and O–H groups in total. The number of benzene rings is 4. The van der Waals surface area contributed by atoms with E-state index in [9.17, 15) is 27.6 Å². The van der Waals surface area contributed by atoms with Gasteiger partial charge in [-0.25, -0.2) is 0 Å². The van der Waals surface area contributed by atoms with Crippen molar-refractivity contribution in [3.63, 3.8) is 0 Å². The Balaban J connectivity index is 1.43. The molecule has 0 aliphatic carbocycles. The van der Waals surface area contributed by atoms with E-state index >= 15 is 0 Å². The smallest absolute Gasteiger partial charge is 0.325 e. The van der Waals surface area contributed by atoms with Crippen LogP contribution < -0.4 is 16.0 Å². The molecule has 3 amide bonds. The lowest BCUT2D eigenvalue weighted by Gasteiger charge is -2.12. The molecule has 0 saturated heterocycles. The molecule has 0 spiro atoms. The highest BCUT2D eigenvalue weighted by molar-refractivity contribution is 9.10. The van der Waals surface area contributed by atoms with Crippen LogP contribution in [-0.2, 0) is 15.8 Å². The number of nitrogens with one attached hydrogen (secondary N) is 3. The minimum absolute atomic E-state index is 0.0143. The van der Waals surface area contributed by atoms with Crippen LogP contribution >= 0.6 is 27.7 Å². The topological polar surface area (TPSA) is 87.3 Å². The second kappa shape index (κ2) is 14.0. The Morgan fingerprint density at radius 3 is 2.19 bits per heavy atom. The van der Waals surface area contributed by atoms with Gasteiger partial charge >= 0.3 is 6.18 Å². The van der Waals surface area contributed by atoms with Gasteiger partial charge in [0.2, 0.25) is 5.91 Å². The average Bonchev–Trinajstić information content (AvgIpc) is 2.96. The largest absolute Gasteiger partial charge is 0.416 e. The summed E-state index contributed by atoms with van der Waals surface area (Å²) in [4.78, 5) is 39.1. The van der Waals surface area contributed by atoms with E-state index in [2.05, 4.69) is 31.9 Å². The standard InChI is InChI=1S/C31H23BrF3N3O3S/c32-23-11-4-7-20(15-23)16-27(38-29(40)21-8-2-1-3-9-21)30(41)37-25-13-6-14-26(18-25)42-19-28(39)36-24-12-5-10-22(17-24)31(33,34)35/h1-18H,19H2,(H,36,39)(H,37,41)(H,38,40)/b27-16+. The Hall–Kier alpha value is -4.35. The number of amides is 3. The summed E-state index contributed by atoms with van der Waals surface area (Å²) >= 11 is 4.54. The monoisotopic (exact) mass is 653 g/mol. The summed E-state index contributed by atoms with van der Waals surface area (Å²) in [7, 11) is 0. The SMILES string of the molecule is O=C(CSc1cccc(NC(=O)/C(=C\c2cccc(Br)c2)NC(=O)c2ccccc2)c1)Nc1cccc(C(F)(F)F)c1. The van der Waals surface area contributed by atoms with Gasteiger partial charge in [0.25, 0.3) is 11.8 Å². The number of halogens is 4. The molecule has 6 nitrogen and oxygen atoms in total. The average molecular weight is 655 g/mol. The van der Waals surface area contributed by atoms with Crippen molar-refractivity contribution in [1.29, 1.82) is 0 Å². The van der Waals surface area contributed by atoms with Crippen LogP contribution in [0.5, 0.6) is 0 Å². The predicted molar refractivity (Wildman–Crippen MR) is 162 cm³/mol. The second-order valence-corrected chi connectivity index (χ2v) is 10.8. The van der Waals surface area contributed by atoms with E-state index in [-0.39, 0.29) is 17.1 Å². The summed E-state index contributed by atoms with van der Waals surface area (Å²) in [5.41, 5.74) is 0.674. The van der Waals surface area contributed by atoms with Crippen molar-refractivity contribution in [3.8, 4) is 0 Å². The van der Waals surface area contributed by atoms with Crippen LogP contribution in [0.2, 0.25) is 0 Å². The van der Waals surface area contributed by atoms with E-state index in [4.69, 9.17) is 0 Å². The highest BCUT2D eigenvalue weighted by Crippen LogP contribution is 2.31. The van der Waals surface area contributed by atoms with Gasteiger partial charge in [-0.3, -0.25) is 14.4 Å². The van der Waals surface area contributed by atoms with Gasteiger partial charge in [0, 0.05) is 26.3 Å². The third-order valence-electron chi connectivity index (χ3n) is 5.62. The highest BCUT2D eigenvalue weighted by atomic mass is 79.9. The number of thioether (sulfide) groups is 1. The maximum atomic E-state index is 13.3. The summed E-state index contributed by atoms with van der Waals surface area (Å²) in [5, 5.41) is 7.91. The summed E-state index contributed by atoms with van der Waals surface area (Å²) in [5.74, 6) is -1.59. The molecular weight excluding hydrogens is 631 g/mol. The first-order valence-electron chi connectivity index (χ1n) is 12.4. The van der Waals surface area contributed by atoms with E-state index < -0.39 is 29.5 Å². The van der Waals surface area contributed by atoms with Gasteiger partial charge in [-0.05, 0) is 72.3 Å². The predicted octanol–water partition coefficient (Wildman–Crippen LogP) is 7.61. The van der Waals surface area contributed by atoms with Gasteiger partial charge in [-0.2, -0.15) is 13.2 Å². The third kappa shape index (κ3) is 9.08. The summed E-state index contributed by atoms with van der Waals surface area (Å²) in [6, 6.07) is 26.8. The summed E-state index contributed by atoms with van der Waals surface area (Å²) in [6.07, 6.45) is -2.96. The molecule has 0 saturated carbocycles. The lowest BCUT2D eigenvalue weighted by Crippen LogP contribution is -2.30. The van der Waals surface area contributed by atoms with Crippen LogP contribution in [-0.4, -0.2) is 23.5 Å². The Morgan fingerprint density at radius 1 is 0.786 bits per heavy atom. The molecule has 42 heavy (non-hydrogen) atoms. The van der Waals surface area contributed by atoms with Crippen LogP contribution in [0.3, 0.4) is 0 Å². The van der Waals surface area contributed by atoms with Crippen LogP contribution in [0, 0.1) is 0 Å². The minimum Gasteiger partial charge on any atom is -0.325 e. The highest BCUT2D eigenvalue weighted by Gasteiger charge is 2.30. The fourth-order valence-electron chi connectivity index (χ4n) is 3.69. The molecule has 0 radical (unpaired) electrons. The fraction of sp³-hybridized carbons (Fsp3) is 0.0645. The maximum Gasteiger partial charge on any atom is 0.416 e. The molecule has 0 atom stereocenters. The van der Waals surface area contributed by atoms with Gasteiger partial charge in [-0.1, -0.05) is 58.4 Å². The minimum atomic E-state index is -4.52. The molecule has 4 aromatic rings. The molecule has 0 aliphatic heterocycles. The van der Waals surface area contributed by atoms with E-state index in [0.717, 1.165) is 28.4 Å². The molecule has 0 aliphatic rings. The first-order chi connectivity index (χ1) is 20.1. The van der Waals surface area contributed by atoms with Crippen LogP contribution in [0.25, 0.3) is 6.08 Å². The number of hydrogen-bond acceptors (Lipinski definition) is 4. The molecule has 0 bridgehead atoms. The fourth-order valence-corrected chi connectivity index (χ4v) is 4.86. The maximum absolute atomic E-state index is 13.3. The molecule has 0 fully saturated rings. The van der Waals surface area contributed by atoms with Crippen molar-refractivity contribution in [1.82, 2.24) is 5.32 Å². The van der Waals surface area contributed by atoms with Crippen molar-refractivity contribution in [2.75, 3.05) is 16.4 Å². The van der Waals surface area contributed by atoms with E-state index in [1.54, 1.807) is 78.9 Å². The Bertz CT molecular complexity index is 1630. The molecule has 0 aromatic heterocycles. The first kappa shape index (κ1) is 30.6. The molecule has 4 aromatic carbocycles. The zero-order chi connectivity index (χ0) is 30.1.